The number of hydrogen-bond donors (Lipinski definition) is 2. The van der Waals surface area contributed by atoms with E-state index in [1.165, 1.54) is 54.6 Å². The molecule has 156 valence electrons. The number of ether oxygens (including phenoxy) is 1. The second-order valence-electron chi connectivity index (χ2n) is 7.86. The van der Waals surface area contributed by atoms with Gasteiger partial charge < -0.3 is 14.7 Å². The number of hydrogen-bond acceptors (Lipinski definition) is 2. The molecule has 1 aliphatic rings. The third kappa shape index (κ3) is 5.11. The summed E-state index contributed by atoms with van der Waals surface area (Å²) < 4.78 is 5.61. The van der Waals surface area contributed by atoms with Crippen LogP contribution in [0.15, 0.2) is 40.9 Å². The Morgan fingerprint density at radius 2 is 1.86 bits per heavy atom. The quantitative estimate of drug-likeness (QED) is 0.421. The molecule has 0 aliphatic carbocycles. The molecule has 0 saturated carbocycles. The van der Waals surface area contributed by atoms with Crippen LogP contribution in [-0.2, 0) is 17.6 Å². The molecule has 0 aromatic carbocycles. The van der Waals surface area contributed by atoms with Crippen LogP contribution in [0.1, 0.15) is 80.6 Å². The number of unbranched alkanes of at least 4 members (excludes halogenated alkanes) is 4. The smallest absolute Gasteiger partial charge is 0.146 e. The number of aliphatic imine (C=N–C) groups is 1. The molecule has 0 saturated heterocycles. The van der Waals surface area contributed by atoms with Gasteiger partial charge in [0.05, 0.1) is 18.5 Å². The fourth-order valence-corrected chi connectivity index (χ4v) is 4.09. The summed E-state index contributed by atoms with van der Waals surface area (Å²) in [5.41, 5.74) is 8.23. The second-order valence-corrected chi connectivity index (χ2v) is 7.86. The van der Waals surface area contributed by atoms with E-state index in [0.717, 1.165) is 42.1 Å². The molecule has 0 fully saturated rings. The van der Waals surface area contributed by atoms with Crippen molar-refractivity contribution in [2.24, 2.45) is 4.99 Å². The van der Waals surface area contributed by atoms with E-state index >= 15 is 0 Å². The molecule has 0 amide bonds. The summed E-state index contributed by atoms with van der Waals surface area (Å²) >= 11 is 0. The maximum absolute atomic E-state index is 5.61. The first-order chi connectivity index (χ1) is 14.2. The van der Waals surface area contributed by atoms with E-state index in [9.17, 15) is 0 Å². The number of aryl methyl sites for hydroxylation is 1. The molecule has 4 nitrogen and oxygen atoms in total. The van der Waals surface area contributed by atoms with E-state index in [0.29, 0.717) is 0 Å². The van der Waals surface area contributed by atoms with Crippen LogP contribution in [0, 0.1) is 6.92 Å². The minimum Gasteiger partial charge on any atom is -0.494 e. The van der Waals surface area contributed by atoms with Crippen molar-refractivity contribution < 1.29 is 4.74 Å². The van der Waals surface area contributed by atoms with Crippen molar-refractivity contribution in [2.75, 3.05) is 7.11 Å². The van der Waals surface area contributed by atoms with Crippen molar-refractivity contribution >= 4 is 11.8 Å². The van der Waals surface area contributed by atoms with Gasteiger partial charge in [-0.25, -0.2) is 4.99 Å². The van der Waals surface area contributed by atoms with Crippen LogP contribution in [0.25, 0.3) is 6.08 Å². The number of aromatic amines is 2. The molecule has 2 aromatic rings. The molecule has 0 unspecified atom stereocenters. The van der Waals surface area contributed by atoms with Crippen molar-refractivity contribution in [2.45, 2.75) is 72.1 Å². The molecular weight excluding hydrogens is 358 g/mol. The van der Waals surface area contributed by atoms with Crippen LogP contribution < -0.4 is 0 Å². The van der Waals surface area contributed by atoms with Crippen LogP contribution in [-0.4, -0.2) is 22.8 Å². The van der Waals surface area contributed by atoms with Crippen LogP contribution in [0.4, 0.5) is 0 Å². The normalized spacial score (nSPS) is 15.1. The van der Waals surface area contributed by atoms with Gasteiger partial charge in [-0.05, 0) is 55.5 Å². The highest BCUT2D eigenvalue weighted by Gasteiger charge is 2.19. The van der Waals surface area contributed by atoms with Gasteiger partial charge in [0.15, 0.2) is 0 Å². The maximum Gasteiger partial charge on any atom is 0.146 e. The lowest BCUT2D eigenvalue weighted by Crippen LogP contribution is -1.95. The number of aromatic nitrogens is 2. The summed E-state index contributed by atoms with van der Waals surface area (Å²) in [6.45, 7) is 6.73. The summed E-state index contributed by atoms with van der Waals surface area (Å²) in [7, 11) is 1.71. The van der Waals surface area contributed by atoms with E-state index in [4.69, 9.17) is 9.73 Å². The zero-order valence-electron chi connectivity index (χ0n) is 18.4. The summed E-state index contributed by atoms with van der Waals surface area (Å²) in [5, 5.41) is 0. The van der Waals surface area contributed by atoms with E-state index in [1.807, 2.05) is 24.4 Å². The molecule has 0 spiro atoms. The molecule has 29 heavy (non-hydrogen) atoms. The molecule has 2 N–H and O–H groups in total. The lowest BCUT2D eigenvalue weighted by molar-refractivity contribution is 0.303. The predicted molar refractivity (Wildman–Crippen MR) is 122 cm³/mol. The average molecular weight is 394 g/mol. The number of allylic oxidation sites excluding steroid dienone is 1. The zero-order chi connectivity index (χ0) is 20.6. The number of nitrogens with zero attached hydrogens (tertiary/aromatic N) is 1. The highest BCUT2D eigenvalue weighted by molar-refractivity contribution is 6.11. The van der Waals surface area contributed by atoms with Crippen LogP contribution in [0.2, 0.25) is 0 Å². The Bertz CT molecular complexity index is 882. The van der Waals surface area contributed by atoms with Gasteiger partial charge in [0.1, 0.15) is 11.5 Å². The number of rotatable bonds is 11. The second kappa shape index (κ2) is 10.3. The molecule has 0 bridgehead atoms. The summed E-state index contributed by atoms with van der Waals surface area (Å²) in [4.78, 5) is 11.7. The number of methoxy groups -OCH3 is 1. The lowest BCUT2D eigenvalue weighted by atomic mass is 9.98. The van der Waals surface area contributed by atoms with Gasteiger partial charge in [-0.3, -0.25) is 0 Å². The van der Waals surface area contributed by atoms with E-state index in [2.05, 4.69) is 36.8 Å². The largest absolute Gasteiger partial charge is 0.494 e. The zero-order valence-corrected chi connectivity index (χ0v) is 18.4. The van der Waals surface area contributed by atoms with Crippen LogP contribution in [0.5, 0.6) is 0 Å². The Labute approximate surface area is 175 Å². The molecule has 0 atom stereocenters. The Morgan fingerprint density at radius 3 is 2.55 bits per heavy atom. The number of H-pyrrole nitrogens is 2. The van der Waals surface area contributed by atoms with E-state index < -0.39 is 0 Å². The standard InChI is InChI=1S/C25H35N3O/c1-5-7-8-9-10-13-19-18(3)27-22(20(19)12-6-2)16-24-25(29-4)17-23(28-24)21-14-11-15-26-21/h11,14-17,26-27H,5-10,12-13H2,1-4H3/b24-16+. The molecule has 2 aromatic heterocycles. The number of nitrogens with one attached hydrogen (secondary N) is 2. The topological polar surface area (TPSA) is 53.2 Å². The Morgan fingerprint density at radius 1 is 1.03 bits per heavy atom. The average Bonchev–Trinajstić information content (AvgIpc) is 3.43. The first-order valence-electron chi connectivity index (χ1n) is 11.1. The van der Waals surface area contributed by atoms with Crippen molar-refractivity contribution in [1.29, 1.82) is 0 Å². The van der Waals surface area contributed by atoms with E-state index in [1.54, 1.807) is 7.11 Å². The SMILES string of the molecule is CCCCCCCc1c(C)[nH]c(/C=C2/N=C(c3ccc[nH]3)C=C2OC)c1CCC. The highest BCUT2D eigenvalue weighted by atomic mass is 16.5. The minimum absolute atomic E-state index is 0.811. The Kier molecular flexibility index (Phi) is 7.56. The van der Waals surface area contributed by atoms with Crippen molar-refractivity contribution in [3.8, 4) is 0 Å². The monoisotopic (exact) mass is 393 g/mol. The van der Waals surface area contributed by atoms with E-state index in [-0.39, 0.29) is 0 Å². The van der Waals surface area contributed by atoms with Crippen LogP contribution in [0.3, 0.4) is 0 Å². The maximum atomic E-state index is 5.61. The van der Waals surface area contributed by atoms with Crippen molar-refractivity contribution in [3.05, 3.63) is 64.1 Å². The minimum atomic E-state index is 0.811. The molecule has 3 rings (SSSR count). The summed E-state index contributed by atoms with van der Waals surface area (Å²) in [6.07, 6.45) is 16.0. The van der Waals surface area contributed by atoms with Gasteiger partial charge in [-0.2, -0.15) is 0 Å². The Hall–Kier alpha value is -2.49. The third-order valence-corrected chi connectivity index (χ3v) is 5.63. The fourth-order valence-electron chi connectivity index (χ4n) is 4.09. The predicted octanol–water partition coefficient (Wildman–Crippen LogP) is 6.49. The van der Waals surface area contributed by atoms with Crippen molar-refractivity contribution in [1.82, 2.24) is 9.97 Å². The molecule has 4 heteroatoms. The summed E-state index contributed by atoms with van der Waals surface area (Å²) in [6, 6.07) is 4.02. The molecule has 0 radical (unpaired) electrons. The van der Waals surface area contributed by atoms with Gasteiger partial charge in [0, 0.05) is 23.7 Å². The van der Waals surface area contributed by atoms with Crippen molar-refractivity contribution in [3.63, 3.8) is 0 Å². The first kappa shape index (κ1) is 21.2. The first-order valence-corrected chi connectivity index (χ1v) is 11.1. The Balaban J connectivity index is 1.86. The van der Waals surface area contributed by atoms with Gasteiger partial charge in [0.25, 0.3) is 0 Å². The van der Waals surface area contributed by atoms with Gasteiger partial charge in [-0.1, -0.05) is 46.0 Å². The summed E-state index contributed by atoms with van der Waals surface area (Å²) in [5.74, 6) is 0.811. The molecule has 1 aliphatic heterocycles. The van der Waals surface area contributed by atoms with Gasteiger partial charge in [-0.15, -0.1) is 0 Å². The van der Waals surface area contributed by atoms with Crippen LogP contribution >= 0.6 is 0 Å². The molecule has 3 heterocycles. The fraction of sp³-hybridized carbons (Fsp3) is 0.480. The van der Waals surface area contributed by atoms with Gasteiger partial charge in [0.2, 0.25) is 0 Å². The lowest BCUT2D eigenvalue weighted by Gasteiger charge is -2.07. The molecular formula is C25H35N3O. The van der Waals surface area contributed by atoms with Gasteiger partial charge >= 0.3 is 0 Å². The third-order valence-electron chi connectivity index (χ3n) is 5.63. The highest BCUT2D eigenvalue weighted by Crippen LogP contribution is 2.29.